The van der Waals surface area contributed by atoms with Crippen molar-refractivity contribution < 1.29 is 13.9 Å². The SMILES string of the molecule is CC(C)c1cc2[n+]3c(c1)-n1c4ccccc4c4ccc5c(c41)C31c3c(ccc4c3N3c6c(cccc6C(C)(C)c6ccc-2[n+]1c63)C4(C)C)O5. The molecule has 0 radical (unpaired) electrons. The van der Waals surface area contributed by atoms with Gasteiger partial charge in [0.25, 0.3) is 11.6 Å². The Morgan fingerprint density at radius 2 is 1.35 bits per heavy atom. The highest BCUT2D eigenvalue weighted by Gasteiger charge is 2.72. The normalized spacial score (nSPS) is 20.3. The molecule has 0 bridgehead atoms. The number of ether oxygens (including phenoxy) is 1. The lowest BCUT2D eigenvalue weighted by molar-refractivity contribution is -0.932. The first kappa shape index (κ1) is 25.6. The van der Waals surface area contributed by atoms with Crippen LogP contribution in [0.25, 0.3) is 39.0 Å². The summed E-state index contributed by atoms with van der Waals surface area (Å²) in [7, 11) is 0. The van der Waals surface area contributed by atoms with Crippen LogP contribution in [-0.2, 0) is 16.5 Å². The second kappa shape index (κ2) is 7.28. The predicted molar refractivity (Wildman–Crippen MR) is 191 cm³/mol. The Hall–Kier alpha value is -5.42. The van der Waals surface area contributed by atoms with Crippen LogP contribution in [0.4, 0.5) is 17.2 Å². The van der Waals surface area contributed by atoms with Crippen LogP contribution in [0.5, 0.6) is 11.5 Å². The zero-order valence-electron chi connectivity index (χ0n) is 28.4. The summed E-state index contributed by atoms with van der Waals surface area (Å²) in [6, 6.07) is 34.9. The Labute approximate surface area is 284 Å². The highest BCUT2D eigenvalue weighted by molar-refractivity contribution is 6.12. The van der Waals surface area contributed by atoms with Gasteiger partial charge in [-0.1, -0.05) is 77.9 Å². The Bertz CT molecular complexity index is 2840. The Kier molecular flexibility index (Phi) is 3.80. The van der Waals surface area contributed by atoms with Gasteiger partial charge in [-0.15, -0.1) is 0 Å². The summed E-state index contributed by atoms with van der Waals surface area (Å²) in [4.78, 5) is 2.65. The van der Waals surface area contributed by atoms with E-state index < -0.39 is 5.66 Å². The van der Waals surface area contributed by atoms with Gasteiger partial charge in [-0.05, 0) is 60.0 Å². The molecule has 4 aromatic carbocycles. The molecule has 1 unspecified atom stereocenters. The number of nitrogens with zero attached hydrogens (tertiary/aromatic N) is 4. The van der Waals surface area contributed by atoms with Crippen molar-refractivity contribution in [2.75, 3.05) is 4.90 Å². The molecule has 0 aliphatic carbocycles. The molecule has 234 valence electrons. The van der Waals surface area contributed by atoms with Crippen molar-refractivity contribution in [2.24, 2.45) is 0 Å². The average molecular weight is 635 g/mol. The fourth-order valence-corrected chi connectivity index (χ4v) is 11.0. The summed E-state index contributed by atoms with van der Waals surface area (Å²) in [6.07, 6.45) is 0. The molecule has 3 aromatic heterocycles. The van der Waals surface area contributed by atoms with Crippen LogP contribution in [0.1, 0.15) is 86.4 Å². The Morgan fingerprint density at radius 3 is 2.16 bits per heavy atom. The molecule has 0 saturated carbocycles. The molecule has 9 heterocycles. The quantitative estimate of drug-likeness (QED) is 0.168. The second-order valence-corrected chi connectivity index (χ2v) is 16.4. The first-order valence-electron chi connectivity index (χ1n) is 17.7. The molecular weight excluding hydrogens is 601 g/mol. The van der Waals surface area contributed by atoms with Gasteiger partial charge in [0.05, 0.1) is 5.56 Å². The van der Waals surface area contributed by atoms with Gasteiger partial charge in [-0.2, -0.15) is 18.6 Å². The lowest BCUT2D eigenvalue weighted by Crippen LogP contribution is -2.76. The highest BCUT2D eigenvalue weighted by atomic mass is 16.5. The number of anilines is 3. The van der Waals surface area contributed by atoms with Gasteiger partial charge in [0.15, 0.2) is 22.6 Å². The third-order valence-electron chi connectivity index (χ3n) is 13.2. The lowest BCUT2D eigenvalue weighted by atomic mass is 9.64. The minimum Gasteiger partial charge on any atom is -0.456 e. The monoisotopic (exact) mass is 634 g/mol. The summed E-state index contributed by atoms with van der Waals surface area (Å²) in [6.45, 7) is 14.3. The number of para-hydroxylation sites is 2. The molecule has 7 aromatic rings. The smallest absolute Gasteiger partial charge is 0.323 e. The average Bonchev–Trinajstić information content (AvgIpc) is 3.59. The van der Waals surface area contributed by atoms with E-state index >= 15 is 0 Å². The van der Waals surface area contributed by atoms with E-state index in [1.165, 1.54) is 95.1 Å². The molecule has 0 fully saturated rings. The van der Waals surface area contributed by atoms with Gasteiger partial charge in [-0.3, -0.25) is 0 Å². The topological polar surface area (TPSA) is 25.2 Å². The zero-order valence-corrected chi connectivity index (χ0v) is 28.4. The highest BCUT2D eigenvalue weighted by Crippen LogP contribution is 2.67. The van der Waals surface area contributed by atoms with E-state index in [-0.39, 0.29) is 10.8 Å². The summed E-state index contributed by atoms with van der Waals surface area (Å²) < 4.78 is 15.1. The number of aromatic nitrogens is 3. The maximum Gasteiger partial charge on any atom is 0.323 e. The van der Waals surface area contributed by atoms with Gasteiger partial charge in [0.1, 0.15) is 33.8 Å². The fourth-order valence-electron chi connectivity index (χ4n) is 11.0. The molecule has 5 nitrogen and oxygen atoms in total. The van der Waals surface area contributed by atoms with Crippen LogP contribution in [-0.4, -0.2) is 4.57 Å². The zero-order chi connectivity index (χ0) is 32.7. The summed E-state index contributed by atoms with van der Waals surface area (Å²) in [5.41, 5.74) is 15.9. The van der Waals surface area contributed by atoms with Gasteiger partial charge < -0.3 is 4.74 Å². The van der Waals surface area contributed by atoms with Gasteiger partial charge in [0, 0.05) is 44.4 Å². The van der Waals surface area contributed by atoms with E-state index in [4.69, 9.17) is 4.74 Å². The van der Waals surface area contributed by atoms with E-state index in [1.54, 1.807) is 0 Å². The molecule has 0 saturated heterocycles. The predicted octanol–water partition coefficient (Wildman–Crippen LogP) is 9.24. The van der Waals surface area contributed by atoms with Crippen molar-refractivity contribution in [3.05, 3.63) is 130 Å². The van der Waals surface area contributed by atoms with Crippen LogP contribution in [0.2, 0.25) is 0 Å². The fraction of sp³-hybridized carbons (Fsp3) is 0.227. The number of benzene rings is 4. The molecule has 0 amide bonds. The van der Waals surface area contributed by atoms with Crippen molar-refractivity contribution >= 4 is 39.0 Å². The van der Waals surface area contributed by atoms with E-state index in [0.717, 1.165) is 11.5 Å². The molecule has 13 rings (SSSR count). The molecule has 49 heavy (non-hydrogen) atoms. The number of rotatable bonds is 1. The van der Waals surface area contributed by atoms with Crippen molar-refractivity contribution in [3.63, 3.8) is 0 Å². The summed E-state index contributed by atoms with van der Waals surface area (Å²) >= 11 is 0. The minimum atomic E-state index is -0.661. The van der Waals surface area contributed by atoms with Crippen molar-refractivity contribution in [2.45, 2.75) is 64.0 Å². The molecule has 1 spiro atoms. The van der Waals surface area contributed by atoms with Crippen molar-refractivity contribution in [3.8, 4) is 28.7 Å². The van der Waals surface area contributed by atoms with Crippen LogP contribution in [0.15, 0.2) is 91.0 Å². The molecule has 6 aliphatic rings. The molecular formula is C44H34N4O+2. The number of pyridine rings is 2. The molecule has 5 heteroatoms. The lowest BCUT2D eigenvalue weighted by Gasteiger charge is -2.50. The second-order valence-electron chi connectivity index (χ2n) is 16.4. The first-order valence-corrected chi connectivity index (χ1v) is 17.7. The number of hydrogen-bond acceptors (Lipinski definition) is 2. The van der Waals surface area contributed by atoms with Crippen LogP contribution < -0.4 is 18.8 Å². The third-order valence-corrected chi connectivity index (χ3v) is 13.2. The summed E-state index contributed by atoms with van der Waals surface area (Å²) in [5.74, 6) is 4.78. The van der Waals surface area contributed by atoms with Crippen molar-refractivity contribution in [1.82, 2.24) is 4.57 Å². The standard InChI is InChI=1S/C44H34N4O/c1-22(2)23-20-32-31-17-15-29-41-46-39-26(11-9-12-27(39)43(29,5)6)42(3,4)28-16-19-34-37(40(28)46)44(48(31)41)36-33(49-34)18-14-25-24-10-7-8-13-30(24)45(38(25)36)35(21-23)47(32)44/h7-22H,1-6H3/q+2. The molecule has 6 aliphatic heterocycles. The maximum atomic E-state index is 7.14. The van der Waals surface area contributed by atoms with E-state index in [9.17, 15) is 0 Å². The van der Waals surface area contributed by atoms with Crippen LogP contribution in [0.3, 0.4) is 0 Å². The maximum absolute atomic E-state index is 7.14. The molecule has 1 atom stereocenters. The summed E-state index contributed by atoms with van der Waals surface area (Å²) in [5, 5.41) is 2.55. The van der Waals surface area contributed by atoms with E-state index in [1.807, 2.05) is 0 Å². The number of hydrogen-bond donors (Lipinski definition) is 0. The van der Waals surface area contributed by atoms with Gasteiger partial charge in [-0.25, -0.2) is 0 Å². The van der Waals surface area contributed by atoms with Crippen LogP contribution >= 0.6 is 0 Å². The third kappa shape index (κ3) is 2.30. The Morgan fingerprint density at radius 1 is 0.633 bits per heavy atom. The van der Waals surface area contributed by atoms with E-state index in [0.29, 0.717) is 5.92 Å². The minimum absolute atomic E-state index is 0.201. The van der Waals surface area contributed by atoms with E-state index in [2.05, 4.69) is 151 Å². The first-order chi connectivity index (χ1) is 23.7. The Balaban J connectivity index is 1.36. The van der Waals surface area contributed by atoms with Crippen LogP contribution in [0, 0.1) is 0 Å². The number of fused-ring (bicyclic) bond motifs is 5. The van der Waals surface area contributed by atoms with Gasteiger partial charge in [0.2, 0.25) is 0 Å². The molecule has 0 N–H and O–H groups in total. The van der Waals surface area contributed by atoms with Gasteiger partial charge >= 0.3 is 5.66 Å². The largest absolute Gasteiger partial charge is 0.456 e. The van der Waals surface area contributed by atoms with Crippen molar-refractivity contribution in [1.29, 1.82) is 0 Å².